The summed E-state index contributed by atoms with van der Waals surface area (Å²) < 4.78 is 5.48. The Morgan fingerprint density at radius 2 is 2.00 bits per heavy atom. The molecule has 1 atom stereocenters. The van der Waals surface area contributed by atoms with E-state index in [0.717, 1.165) is 38.3 Å². The summed E-state index contributed by atoms with van der Waals surface area (Å²) in [6.45, 7) is 3.07. The van der Waals surface area contributed by atoms with Crippen molar-refractivity contribution in [1.29, 1.82) is 0 Å². The largest absolute Gasteiger partial charge is 0.339 e. The molecule has 1 aromatic heterocycles. The molecule has 0 bridgehead atoms. The van der Waals surface area contributed by atoms with Crippen molar-refractivity contribution >= 4 is 0 Å². The van der Waals surface area contributed by atoms with Gasteiger partial charge in [-0.2, -0.15) is 4.98 Å². The molecule has 6 nitrogen and oxygen atoms in total. The molecular weight excluding hydrogens is 266 g/mol. The second-order valence-electron chi connectivity index (χ2n) is 6.90. The zero-order chi connectivity index (χ0) is 14.9. The van der Waals surface area contributed by atoms with Crippen LogP contribution >= 0.6 is 0 Å². The van der Waals surface area contributed by atoms with Crippen LogP contribution in [0.1, 0.15) is 49.9 Å². The van der Waals surface area contributed by atoms with E-state index in [1.165, 1.54) is 19.3 Å². The van der Waals surface area contributed by atoms with Crippen LogP contribution in [0.3, 0.4) is 0 Å². The van der Waals surface area contributed by atoms with Crippen LogP contribution in [0.25, 0.3) is 0 Å². The molecule has 21 heavy (non-hydrogen) atoms. The van der Waals surface area contributed by atoms with Crippen LogP contribution < -0.4 is 5.73 Å². The van der Waals surface area contributed by atoms with Crippen LogP contribution in [-0.4, -0.2) is 59.2 Å². The molecule has 1 aliphatic carbocycles. The van der Waals surface area contributed by atoms with Crippen LogP contribution in [0.5, 0.6) is 0 Å². The molecule has 1 unspecified atom stereocenters. The fourth-order valence-corrected chi connectivity index (χ4v) is 3.50. The van der Waals surface area contributed by atoms with Crippen molar-refractivity contribution in [2.24, 2.45) is 5.73 Å². The lowest BCUT2D eigenvalue weighted by Crippen LogP contribution is -2.45. The van der Waals surface area contributed by atoms with E-state index in [0.29, 0.717) is 12.3 Å². The molecule has 2 heterocycles. The second-order valence-corrected chi connectivity index (χ2v) is 6.90. The van der Waals surface area contributed by atoms with Crippen molar-refractivity contribution in [2.45, 2.75) is 50.1 Å². The Kier molecular flexibility index (Phi) is 4.28. The highest BCUT2D eigenvalue weighted by Gasteiger charge is 2.32. The number of rotatable bonds is 3. The van der Waals surface area contributed by atoms with Crippen LogP contribution in [0.4, 0.5) is 0 Å². The Morgan fingerprint density at radius 1 is 1.24 bits per heavy atom. The number of hydrogen-bond acceptors (Lipinski definition) is 6. The Hall–Kier alpha value is -0.980. The number of aromatic nitrogens is 2. The van der Waals surface area contributed by atoms with Crippen LogP contribution in [0, 0.1) is 0 Å². The predicted molar refractivity (Wildman–Crippen MR) is 80.9 cm³/mol. The quantitative estimate of drug-likeness (QED) is 0.902. The van der Waals surface area contributed by atoms with Crippen molar-refractivity contribution in [1.82, 2.24) is 19.9 Å². The maximum atomic E-state index is 6.48. The minimum absolute atomic E-state index is 0.142. The smallest absolute Gasteiger partial charge is 0.228 e. The molecule has 1 saturated carbocycles. The molecule has 1 aromatic rings. The molecule has 0 spiro atoms. The molecule has 2 N–H and O–H groups in total. The second kappa shape index (κ2) is 6.02. The van der Waals surface area contributed by atoms with E-state index in [4.69, 9.17) is 10.3 Å². The minimum Gasteiger partial charge on any atom is -0.339 e. The van der Waals surface area contributed by atoms with Gasteiger partial charge in [0.1, 0.15) is 0 Å². The Bertz CT molecular complexity index is 468. The highest BCUT2D eigenvalue weighted by Crippen LogP contribution is 2.29. The van der Waals surface area contributed by atoms with E-state index in [1.807, 2.05) is 0 Å². The highest BCUT2D eigenvalue weighted by molar-refractivity contribution is 5.02. The predicted octanol–water partition coefficient (Wildman–Crippen LogP) is 1.19. The van der Waals surface area contributed by atoms with Gasteiger partial charge in [-0.1, -0.05) is 24.4 Å². The number of hydrogen-bond donors (Lipinski definition) is 1. The lowest BCUT2D eigenvalue weighted by atomic mass is 9.80. The van der Waals surface area contributed by atoms with Crippen molar-refractivity contribution in [3.8, 4) is 0 Å². The average Bonchev–Trinajstić information content (AvgIpc) is 2.90. The topological polar surface area (TPSA) is 71.4 Å². The number of piperazine rings is 1. The van der Waals surface area contributed by atoms with Crippen LogP contribution in [0.2, 0.25) is 0 Å². The first kappa shape index (κ1) is 14.9. The molecule has 2 aliphatic rings. The molecule has 2 fully saturated rings. The SMILES string of the molecule is CN1CCN(C)C(c2noc(CC3(N)CCCCC3)n2)C1. The first-order chi connectivity index (χ1) is 10.1. The van der Waals surface area contributed by atoms with Crippen LogP contribution in [0.15, 0.2) is 4.52 Å². The van der Waals surface area contributed by atoms with Gasteiger partial charge in [-0.25, -0.2) is 0 Å². The minimum atomic E-state index is -0.142. The molecule has 6 heteroatoms. The van der Waals surface area contributed by atoms with E-state index < -0.39 is 0 Å². The summed E-state index contributed by atoms with van der Waals surface area (Å²) in [6.07, 6.45) is 6.58. The van der Waals surface area contributed by atoms with E-state index >= 15 is 0 Å². The average molecular weight is 293 g/mol. The monoisotopic (exact) mass is 293 g/mol. The zero-order valence-corrected chi connectivity index (χ0v) is 13.2. The molecule has 1 aliphatic heterocycles. The standard InChI is InChI=1S/C15H27N5O/c1-19-8-9-20(2)12(11-19)14-17-13(21-18-14)10-15(16)6-4-3-5-7-15/h12H,3-11,16H2,1-2H3. The molecular formula is C15H27N5O. The van der Waals surface area contributed by atoms with Crippen molar-refractivity contribution in [3.63, 3.8) is 0 Å². The maximum absolute atomic E-state index is 6.48. The molecule has 0 aromatic carbocycles. The van der Waals surface area contributed by atoms with E-state index in [2.05, 4.69) is 34.0 Å². The Balaban J connectivity index is 1.68. The van der Waals surface area contributed by atoms with Crippen LogP contribution in [-0.2, 0) is 6.42 Å². The van der Waals surface area contributed by atoms with E-state index in [9.17, 15) is 0 Å². The van der Waals surface area contributed by atoms with Gasteiger partial charge in [0.2, 0.25) is 5.89 Å². The lowest BCUT2D eigenvalue weighted by molar-refractivity contribution is 0.108. The van der Waals surface area contributed by atoms with Gasteiger partial charge in [-0.3, -0.25) is 4.90 Å². The summed E-state index contributed by atoms with van der Waals surface area (Å²) >= 11 is 0. The third-order valence-corrected chi connectivity index (χ3v) is 4.99. The van der Waals surface area contributed by atoms with E-state index in [-0.39, 0.29) is 11.6 Å². The Morgan fingerprint density at radius 3 is 2.76 bits per heavy atom. The summed E-state index contributed by atoms with van der Waals surface area (Å²) in [5, 5.41) is 4.21. The van der Waals surface area contributed by atoms with Gasteiger partial charge in [0.05, 0.1) is 6.04 Å². The molecule has 0 amide bonds. The molecule has 118 valence electrons. The van der Waals surface area contributed by atoms with Gasteiger partial charge in [-0.15, -0.1) is 0 Å². The third-order valence-electron chi connectivity index (χ3n) is 4.99. The Labute approximate surface area is 126 Å². The number of likely N-dealkylation sites (N-methyl/N-ethyl adjacent to an activating group) is 2. The summed E-state index contributed by atoms with van der Waals surface area (Å²) in [6, 6.07) is 0.223. The first-order valence-corrected chi connectivity index (χ1v) is 8.06. The molecule has 1 saturated heterocycles. The summed E-state index contributed by atoms with van der Waals surface area (Å²) in [7, 11) is 4.26. The van der Waals surface area contributed by atoms with Gasteiger partial charge in [0.15, 0.2) is 5.82 Å². The summed E-state index contributed by atoms with van der Waals surface area (Å²) in [5.41, 5.74) is 6.34. The fraction of sp³-hybridized carbons (Fsp3) is 0.867. The number of nitrogens with two attached hydrogens (primary N) is 1. The highest BCUT2D eigenvalue weighted by atomic mass is 16.5. The molecule has 3 rings (SSSR count). The van der Waals surface area contributed by atoms with Crippen molar-refractivity contribution < 1.29 is 4.52 Å². The van der Waals surface area contributed by atoms with Gasteiger partial charge in [0, 0.05) is 31.6 Å². The van der Waals surface area contributed by atoms with Crippen molar-refractivity contribution in [3.05, 3.63) is 11.7 Å². The van der Waals surface area contributed by atoms with Gasteiger partial charge < -0.3 is 15.2 Å². The fourth-order valence-electron chi connectivity index (χ4n) is 3.50. The van der Waals surface area contributed by atoms with E-state index in [1.54, 1.807) is 0 Å². The van der Waals surface area contributed by atoms with Gasteiger partial charge in [-0.05, 0) is 26.9 Å². The lowest BCUT2D eigenvalue weighted by Gasteiger charge is -2.35. The van der Waals surface area contributed by atoms with Crippen molar-refractivity contribution in [2.75, 3.05) is 33.7 Å². The molecule has 0 radical (unpaired) electrons. The van der Waals surface area contributed by atoms with Gasteiger partial charge in [0.25, 0.3) is 0 Å². The summed E-state index contributed by atoms with van der Waals surface area (Å²) in [5.74, 6) is 1.51. The summed E-state index contributed by atoms with van der Waals surface area (Å²) in [4.78, 5) is 9.24. The zero-order valence-electron chi connectivity index (χ0n) is 13.2. The number of nitrogens with zero attached hydrogens (tertiary/aromatic N) is 4. The maximum Gasteiger partial charge on any atom is 0.228 e. The normalized spacial score (nSPS) is 27.9. The first-order valence-electron chi connectivity index (χ1n) is 8.06. The van der Waals surface area contributed by atoms with Gasteiger partial charge >= 0.3 is 0 Å². The third kappa shape index (κ3) is 3.44.